The number of likely N-dealkylation sites (tertiary alicyclic amines) is 1. The van der Waals surface area contributed by atoms with Crippen molar-refractivity contribution in [2.24, 2.45) is 5.73 Å². The highest BCUT2D eigenvalue weighted by Crippen LogP contribution is 2.35. The predicted octanol–water partition coefficient (Wildman–Crippen LogP) is 3.96. The van der Waals surface area contributed by atoms with Gasteiger partial charge in [0, 0.05) is 93.2 Å². The van der Waals surface area contributed by atoms with E-state index in [1.165, 1.54) is 12.1 Å². The van der Waals surface area contributed by atoms with Crippen molar-refractivity contribution in [2.45, 2.75) is 50.8 Å². The van der Waals surface area contributed by atoms with Gasteiger partial charge in [-0.2, -0.15) is 0 Å². The smallest absolute Gasteiger partial charge is 0.406 e. The number of aryl methyl sites for hydroxylation is 1. The Kier molecular flexibility index (Phi) is 9.40. The Bertz CT molecular complexity index is 2120. The number of halogens is 3. The third kappa shape index (κ3) is 6.94. The third-order valence-electron chi connectivity index (χ3n) is 10.9. The van der Waals surface area contributed by atoms with Crippen molar-refractivity contribution in [3.05, 3.63) is 83.6 Å². The number of rotatable bonds is 10. The van der Waals surface area contributed by atoms with Gasteiger partial charge in [0.15, 0.2) is 0 Å². The van der Waals surface area contributed by atoms with Gasteiger partial charge in [0.2, 0.25) is 11.8 Å². The quantitative estimate of drug-likeness (QED) is 0.232. The highest BCUT2D eigenvalue weighted by atomic mass is 19.4. The number of carbonyl (C=O) groups is 4. The van der Waals surface area contributed by atoms with Crippen molar-refractivity contribution in [3.63, 3.8) is 0 Å². The number of anilines is 1. The van der Waals surface area contributed by atoms with Gasteiger partial charge in [-0.1, -0.05) is 18.2 Å². The van der Waals surface area contributed by atoms with Gasteiger partial charge in [-0.05, 0) is 73.0 Å². The van der Waals surface area contributed by atoms with Gasteiger partial charge in [-0.15, -0.1) is 13.2 Å². The van der Waals surface area contributed by atoms with E-state index in [1.54, 1.807) is 24.3 Å². The predicted molar refractivity (Wildman–Crippen MR) is 194 cm³/mol. The SMILES string of the molecule is NCCCn1cc(-c2ccc(OC(F)(F)F)cc2)c2cc(CN3CC(N4CCN(c5ccc6c(c5)C(=O)N(C5CCC(=O)NC5=O)C6=O)CC4)C3)ccc21. The average molecular weight is 744 g/mol. The molecule has 1 unspecified atom stereocenters. The first kappa shape index (κ1) is 35.8. The molecule has 282 valence electrons. The summed E-state index contributed by atoms with van der Waals surface area (Å²) >= 11 is 0. The molecule has 12 nitrogen and oxygen atoms in total. The summed E-state index contributed by atoms with van der Waals surface area (Å²) in [7, 11) is 0. The van der Waals surface area contributed by atoms with Crippen molar-refractivity contribution in [2.75, 3.05) is 50.7 Å². The lowest BCUT2D eigenvalue weighted by Gasteiger charge is -2.48. The molecule has 0 radical (unpaired) electrons. The summed E-state index contributed by atoms with van der Waals surface area (Å²) in [5, 5.41) is 3.26. The van der Waals surface area contributed by atoms with Gasteiger partial charge in [-0.3, -0.25) is 39.2 Å². The maximum absolute atomic E-state index is 13.3. The summed E-state index contributed by atoms with van der Waals surface area (Å²) < 4.78 is 44.4. The van der Waals surface area contributed by atoms with Crippen LogP contribution in [0.4, 0.5) is 18.9 Å². The fraction of sp³-hybridized carbons (Fsp3) is 0.385. The van der Waals surface area contributed by atoms with Gasteiger partial charge < -0.3 is 19.9 Å². The topological polar surface area (TPSA) is 133 Å². The number of fused-ring (bicyclic) bond motifs is 2. The number of piperazine rings is 1. The Labute approximate surface area is 309 Å². The van der Waals surface area contributed by atoms with Crippen LogP contribution in [-0.2, 0) is 22.7 Å². The number of ether oxygens (including phenoxy) is 1. The average Bonchev–Trinajstić information content (AvgIpc) is 3.61. The van der Waals surface area contributed by atoms with Crippen LogP contribution in [-0.4, -0.2) is 107 Å². The summed E-state index contributed by atoms with van der Waals surface area (Å²) in [4.78, 5) is 58.6. The molecule has 3 aromatic carbocycles. The van der Waals surface area contributed by atoms with Crippen LogP contribution in [0.5, 0.6) is 5.75 Å². The maximum Gasteiger partial charge on any atom is 0.573 e. The number of piperidine rings is 1. The number of imide groups is 2. The number of aromatic nitrogens is 1. The number of amides is 4. The first-order chi connectivity index (χ1) is 26.0. The lowest BCUT2D eigenvalue weighted by Crippen LogP contribution is -2.62. The molecule has 54 heavy (non-hydrogen) atoms. The molecule has 4 aliphatic rings. The van der Waals surface area contributed by atoms with Crippen molar-refractivity contribution in [1.82, 2.24) is 24.6 Å². The minimum absolute atomic E-state index is 0.0763. The molecule has 0 saturated carbocycles. The number of hydrogen-bond acceptors (Lipinski definition) is 9. The van der Waals surface area contributed by atoms with Crippen LogP contribution in [0.3, 0.4) is 0 Å². The molecular weight excluding hydrogens is 703 g/mol. The Morgan fingerprint density at radius 1 is 0.852 bits per heavy atom. The van der Waals surface area contributed by atoms with E-state index >= 15 is 0 Å². The Hall–Kier alpha value is -5.25. The molecule has 4 amide bonds. The van der Waals surface area contributed by atoms with Crippen molar-refractivity contribution in [3.8, 4) is 16.9 Å². The largest absolute Gasteiger partial charge is 0.573 e. The summed E-state index contributed by atoms with van der Waals surface area (Å²) in [5.41, 5.74) is 11.1. The van der Waals surface area contributed by atoms with E-state index in [0.717, 1.165) is 97.0 Å². The van der Waals surface area contributed by atoms with Gasteiger partial charge in [0.05, 0.1) is 11.1 Å². The van der Waals surface area contributed by atoms with Gasteiger partial charge in [0.1, 0.15) is 11.8 Å². The van der Waals surface area contributed by atoms with Crippen molar-refractivity contribution < 1.29 is 37.1 Å². The zero-order chi connectivity index (χ0) is 37.7. The van der Waals surface area contributed by atoms with Crippen LogP contribution < -0.4 is 20.7 Å². The van der Waals surface area contributed by atoms with Gasteiger partial charge in [0.25, 0.3) is 11.8 Å². The summed E-state index contributed by atoms with van der Waals surface area (Å²) in [5.74, 6) is -2.31. The fourth-order valence-electron chi connectivity index (χ4n) is 8.12. The summed E-state index contributed by atoms with van der Waals surface area (Å²) in [6.07, 6.45) is -1.72. The van der Waals surface area contributed by atoms with Crippen LogP contribution >= 0.6 is 0 Å². The van der Waals surface area contributed by atoms with Gasteiger partial charge in [-0.25, -0.2) is 0 Å². The van der Waals surface area contributed by atoms with Crippen molar-refractivity contribution >= 4 is 40.2 Å². The van der Waals surface area contributed by atoms with E-state index < -0.39 is 36.0 Å². The molecule has 3 saturated heterocycles. The van der Waals surface area contributed by atoms with E-state index in [2.05, 4.69) is 47.5 Å². The van der Waals surface area contributed by atoms with Crippen LogP contribution in [0, 0.1) is 0 Å². The van der Waals surface area contributed by atoms with Crippen LogP contribution in [0.2, 0.25) is 0 Å². The van der Waals surface area contributed by atoms with Crippen LogP contribution in [0.1, 0.15) is 45.5 Å². The van der Waals surface area contributed by atoms with E-state index in [4.69, 9.17) is 5.73 Å². The number of nitrogens with zero attached hydrogens (tertiary/aromatic N) is 5. The minimum Gasteiger partial charge on any atom is -0.406 e. The lowest BCUT2D eigenvalue weighted by molar-refractivity contribution is -0.274. The Morgan fingerprint density at radius 2 is 1.59 bits per heavy atom. The molecule has 1 atom stereocenters. The number of nitrogens with one attached hydrogen (secondary N) is 1. The molecule has 5 heterocycles. The molecule has 8 rings (SSSR count). The Morgan fingerprint density at radius 3 is 2.30 bits per heavy atom. The van der Waals surface area contributed by atoms with Crippen LogP contribution in [0.15, 0.2) is 66.9 Å². The maximum atomic E-state index is 13.3. The molecule has 4 aromatic rings. The normalized spacial score (nSPS) is 20.1. The zero-order valence-corrected chi connectivity index (χ0v) is 29.5. The van der Waals surface area contributed by atoms with Crippen molar-refractivity contribution in [1.29, 1.82) is 0 Å². The number of benzene rings is 3. The lowest BCUT2D eigenvalue weighted by atomic mass is 10.0. The number of alkyl halides is 3. The van der Waals surface area contributed by atoms with Crippen LogP contribution in [0.25, 0.3) is 22.0 Å². The highest BCUT2D eigenvalue weighted by molar-refractivity contribution is 6.23. The second kappa shape index (κ2) is 14.2. The first-order valence-corrected chi connectivity index (χ1v) is 18.2. The second-order valence-corrected chi connectivity index (χ2v) is 14.4. The minimum atomic E-state index is -4.75. The zero-order valence-electron chi connectivity index (χ0n) is 29.5. The molecule has 0 aliphatic carbocycles. The molecule has 1 aromatic heterocycles. The number of hydrogen-bond donors (Lipinski definition) is 2. The molecule has 0 bridgehead atoms. The monoisotopic (exact) mass is 743 g/mol. The highest BCUT2D eigenvalue weighted by Gasteiger charge is 2.45. The molecule has 0 spiro atoms. The molecule has 4 aliphatic heterocycles. The number of nitrogens with two attached hydrogens (primary N) is 1. The Balaban J connectivity index is 0.881. The molecule has 3 N–H and O–H groups in total. The van der Waals surface area contributed by atoms with E-state index in [0.29, 0.717) is 12.6 Å². The fourth-order valence-corrected chi connectivity index (χ4v) is 8.12. The van der Waals surface area contributed by atoms with Gasteiger partial charge >= 0.3 is 6.36 Å². The second-order valence-electron chi connectivity index (χ2n) is 14.4. The van der Waals surface area contributed by atoms with E-state index in [1.807, 2.05) is 12.3 Å². The standard InChI is InChI=1S/C39H40F3N7O5/c40-39(41,42)54-28-6-3-25(4-7-28)32-23-48(13-1-12-43)33-9-2-24(18-30(32)33)20-45-21-27(22-45)47-16-14-46(15-17-47)26-5-8-29-31(19-26)38(53)49(37(29)52)34-10-11-35(50)44-36(34)51/h2-9,18-19,23,27,34H,1,10-17,20-22,43H2,(H,44,50,51). The molecule has 15 heteroatoms. The van der Waals surface area contributed by atoms with E-state index in [-0.39, 0.29) is 29.7 Å². The summed E-state index contributed by atoms with van der Waals surface area (Å²) in [6, 6.07) is 17.1. The molecule has 3 fully saturated rings. The third-order valence-corrected chi connectivity index (χ3v) is 10.9. The summed E-state index contributed by atoms with van der Waals surface area (Å²) in [6.45, 7) is 7.13. The van der Waals surface area contributed by atoms with E-state index in [9.17, 15) is 32.3 Å². The molecular formula is C39H40F3N7O5. The first-order valence-electron chi connectivity index (χ1n) is 18.2. The number of carbonyl (C=O) groups excluding carboxylic acids is 4.